The standard InChI is InChI=1S/C15H20ClN3/c1-2-3-4-6-13-11-14(12-18-15(13)16)19-9-5-7-17-8-10-19/h11-12,17H,2-3,5,7-10H2,1H3. The molecule has 0 aliphatic carbocycles. The van der Waals surface area contributed by atoms with E-state index < -0.39 is 0 Å². The number of nitrogens with one attached hydrogen (secondary N) is 1. The summed E-state index contributed by atoms with van der Waals surface area (Å²) >= 11 is 6.10. The fourth-order valence-corrected chi connectivity index (χ4v) is 2.23. The summed E-state index contributed by atoms with van der Waals surface area (Å²) < 4.78 is 0. The lowest BCUT2D eigenvalue weighted by Gasteiger charge is -2.22. The number of hydrogen-bond acceptors (Lipinski definition) is 3. The van der Waals surface area contributed by atoms with Crippen molar-refractivity contribution in [2.24, 2.45) is 0 Å². The highest BCUT2D eigenvalue weighted by Crippen LogP contribution is 2.20. The smallest absolute Gasteiger partial charge is 0.144 e. The van der Waals surface area contributed by atoms with Crippen LogP contribution >= 0.6 is 11.6 Å². The Hall–Kier alpha value is -1.24. The molecule has 1 aromatic rings. The molecule has 0 spiro atoms. The van der Waals surface area contributed by atoms with Crippen LogP contribution in [0.4, 0.5) is 5.69 Å². The normalized spacial score (nSPS) is 15.6. The molecule has 1 aromatic heterocycles. The van der Waals surface area contributed by atoms with Crippen molar-refractivity contribution in [3.05, 3.63) is 23.0 Å². The molecule has 19 heavy (non-hydrogen) atoms. The third-order valence-corrected chi connectivity index (χ3v) is 3.43. The largest absolute Gasteiger partial charge is 0.369 e. The predicted octanol–water partition coefficient (Wildman–Crippen LogP) is 2.69. The van der Waals surface area contributed by atoms with Gasteiger partial charge in [0.25, 0.3) is 0 Å². The third kappa shape index (κ3) is 4.12. The van der Waals surface area contributed by atoms with Gasteiger partial charge in [-0.15, -0.1) is 0 Å². The number of aromatic nitrogens is 1. The van der Waals surface area contributed by atoms with E-state index >= 15 is 0 Å². The first-order chi connectivity index (χ1) is 9.31. The zero-order valence-electron chi connectivity index (χ0n) is 11.4. The van der Waals surface area contributed by atoms with E-state index in [0.29, 0.717) is 5.15 Å². The summed E-state index contributed by atoms with van der Waals surface area (Å²) in [6.45, 7) is 6.28. The Bertz CT molecular complexity index is 468. The van der Waals surface area contributed by atoms with Gasteiger partial charge in [-0.3, -0.25) is 0 Å². The highest BCUT2D eigenvalue weighted by Gasteiger charge is 2.11. The summed E-state index contributed by atoms with van der Waals surface area (Å²) in [5.74, 6) is 6.25. The van der Waals surface area contributed by atoms with Crippen molar-refractivity contribution in [1.29, 1.82) is 0 Å². The van der Waals surface area contributed by atoms with Crippen LogP contribution in [-0.2, 0) is 0 Å². The second-order valence-electron chi connectivity index (χ2n) is 4.67. The lowest BCUT2D eigenvalue weighted by Crippen LogP contribution is -2.27. The fraction of sp³-hybridized carbons (Fsp3) is 0.533. The summed E-state index contributed by atoms with van der Waals surface area (Å²) in [5.41, 5.74) is 1.96. The van der Waals surface area contributed by atoms with E-state index in [1.54, 1.807) is 0 Å². The van der Waals surface area contributed by atoms with Gasteiger partial charge in [0.2, 0.25) is 0 Å². The lowest BCUT2D eigenvalue weighted by atomic mass is 10.2. The van der Waals surface area contributed by atoms with Gasteiger partial charge in [-0.05, 0) is 25.5 Å². The number of halogens is 1. The lowest BCUT2D eigenvalue weighted by molar-refractivity contribution is 0.724. The summed E-state index contributed by atoms with van der Waals surface area (Å²) in [6.07, 6.45) is 4.96. The summed E-state index contributed by atoms with van der Waals surface area (Å²) in [7, 11) is 0. The molecular formula is C15H20ClN3. The molecule has 2 heterocycles. The summed E-state index contributed by atoms with van der Waals surface area (Å²) in [6, 6.07) is 2.06. The van der Waals surface area contributed by atoms with Crippen molar-refractivity contribution >= 4 is 17.3 Å². The van der Waals surface area contributed by atoms with Crippen LogP contribution in [0.1, 0.15) is 31.7 Å². The number of rotatable bonds is 2. The van der Waals surface area contributed by atoms with E-state index in [2.05, 4.69) is 40.0 Å². The highest BCUT2D eigenvalue weighted by molar-refractivity contribution is 6.30. The topological polar surface area (TPSA) is 28.2 Å². The number of pyridine rings is 1. The Morgan fingerprint density at radius 2 is 2.32 bits per heavy atom. The second kappa shape index (κ2) is 7.37. The van der Waals surface area contributed by atoms with Gasteiger partial charge in [-0.25, -0.2) is 4.98 Å². The Balaban J connectivity index is 2.17. The third-order valence-electron chi connectivity index (χ3n) is 3.13. The van der Waals surface area contributed by atoms with Crippen LogP contribution in [0.5, 0.6) is 0 Å². The van der Waals surface area contributed by atoms with Crippen LogP contribution in [0.2, 0.25) is 5.15 Å². The van der Waals surface area contributed by atoms with Crippen LogP contribution in [-0.4, -0.2) is 31.2 Å². The first kappa shape index (κ1) is 14.2. The average molecular weight is 278 g/mol. The molecule has 1 fully saturated rings. The van der Waals surface area contributed by atoms with Crippen molar-refractivity contribution < 1.29 is 0 Å². The molecule has 1 N–H and O–H groups in total. The Kier molecular flexibility index (Phi) is 5.50. The minimum Gasteiger partial charge on any atom is -0.369 e. The molecule has 1 saturated heterocycles. The number of anilines is 1. The van der Waals surface area contributed by atoms with Crippen molar-refractivity contribution in [2.45, 2.75) is 26.2 Å². The minimum absolute atomic E-state index is 0.500. The first-order valence-electron chi connectivity index (χ1n) is 6.91. The van der Waals surface area contributed by atoms with E-state index in [-0.39, 0.29) is 0 Å². The quantitative estimate of drug-likeness (QED) is 0.665. The minimum atomic E-state index is 0.500. The SMILES string of the molecule is CCCC#Cc1cc(N2CCCNCC2)cnc1Cl. The van der Waals surface area contributed by atoms with E-state index in [9.17, 15) is 0 Å². The molecule has 0 atom stereocenters. The molecule has 0 unspecified atom stereocenters. The molecule has 0 radical (unpaired) electrons. The van der Waals surface area contributed by atoms with Crippen LogP contribution < -0.4 is 10.2 Å². The molecule has 0 amide bonds. The molecule has 0 bridgehead atoms. The van der Waals surface area contributed by atoms with Gasteiger partial charge >= 0.3 is 0 Å². The highest BCUT2D eigenvalue weighted by atomic mass is 35.5. The number of nitrogens with zero attached hydrogens (tertiary/aromatic N) is 2. The predicted molar refractivity (Wildman–Crippen MR) is 80.7 cm³/mol. The van der Waals surface area contributed by atoms with Crippen molar-refractivity contribution in [1.82, 2.24) is 10.3 Å². The summed E-state index contributed by atoms with van der Waals surface area (Å²) in [5, 5.41) is 3.90. The molecule has 1 aliphatic heterocycles. The van der Waals surface area contributed by atoms with Crippen molar-refractivity contribution in [3.8, 4) is 11.8 Å². The van der Waals surface area contributed by atoms with E-state index in [4.69, 9.17) is 11.6 Å². The zero-order valence-corrected chi connectivity index (χ0v) is 12.1. The maximum absolute atomic E-state index is 6.10. The maximum Gasteiger partial charge on any atom is 0.144 e. The van der Waals surface area contributed by atoms with Crippen LogP contribution in [0.25, 0.3) is 0 Å². The molecule has 102 valence electrons. The number of hydrogen-bond donors (Lipinski definition) is 1. The average Bonchev–Trinajstić information content (AvgIpc) is 2.70. The van der Waals surface area contributed by atoms with Gasteiger partial charge in [0, 0.05) is 26.1 Å². The zero-order chi connectivity index (χ0) is 13.5. The van der Waals surface area contributed by atoms with Gasteiger partial charge in [-0.2, -0.15) is 0 Å². The van der Waals surface area contributed by atoms with Gasteiger partial charge in [0.1, 0.15) is 5.15 Å². The van der Waals surface area contributed by atoms with Gasteiger partial charge < -0.3 is 10.2 Å². The first-order valence-corrected chi connectivity index (χ1v) is 7.29. The van der Waals surface area contributed by atoms with Gasteiger partial charge in [0.05, 0.1) is 17.4 Å². The second-order valence-corrected chi connectivity index (χ2v) is 5.03. The Morgan fingerprint density at radius 3 is 3.16 bits per heavy atom. The molecule has 2 rings (SSSR count). The molecular weight excluding hydrogens is 258 g/mol. The molecule has 4 heteroatoms. The number of unbranched alkanes of at least 4 members (excludes halogenated alkanes) is 1. The van der Waals surface area contributed by atoms with Crippen LogP contribution in [0.15, 0.2) is 12.3 Å². The Morgan fingerprint density at radius 1 is 1.42 bits per heavy atom. The van der Waals surface area contributed by atoms with Crippen LogP contribution in [0.3, 0.4) is 0 Å². The van der Waals surface area contributed by atoms with Gasteiger partial charge in [-0.1, -0.05) is 30.4 Å². The fourth-order valence-electron chi connectivity index (χ4n) is 2.08. The van der Waals surface area contributed by atoms with Crippen molar-refractivity contribution in [2.75, 3.05) is 31.1 Å². The van der Waals surface area contributed by atoms with E-state index in [1.807, 2.05) is 6.20 Å². The molecule has 3 nitrogen and oxygen atoms in total. The van der Waals surface area contributed by atoms with Crippen LogP contribution in [0, 0.1) is 11.8 Å². The summed E-state index contributed by atoms with van der Waals surface area (Å²) in [4.78, 5) is 6.61. The molecule has 0 saturated carbocycles. The maximum atomic E-state index is 6.10. The molecule has 0 aromatic carbocycles. The monoisotopic (exact) mass is 277 g/mol. The van der Waals surface area contributed by atoms with E-state index in [0.717, 1.165) is 56.7 Å². The molecule has 1 aliphatic rings. The van der Waals surface area contributed by atoms with E-state index in [1.165, 1.54) is 0 Å². The Labute approximate surface area is 120 Å². The van der Waals surface area contributed by atoms with Gasteiger partial charge in [0.15, 0.2) is 0 Å². The van der Waals surface area contributed by atoms with Crippen molar-refractivity contribution in [3.63, 3.8) is 0 Å².